The van der Waals surface area contributed by atoms with Gasteiger partial charge in [0.25, 0.3) is 0 Å². The van der Waals surface area contributed by atoms with Gasteiger partial charge in [-0.25, -0.2) is 0 Å². The van der Waals surface area contributed by atoms with Crippen molar-refractivity contribution in [2.24, 2.45) is 0 Å². The molecule has 0 rings (SSSR count). The van der Waals surface area contributed by atoms with Crippen LogP contribution in [0.4, 0.5) is 0 Å². The first-order chi connectivity index (χ1) is 23.5. The Morgan fingerprint density at radius 2 is 1.02 bits per heavy atom. The average Bonchev–Trinajstić information content (AvgIpc) is 3.07. The lowest BCUT2D eigenvalue weighted by Gasteiger charge is -2.14. The third-order valence-corrected chi connectivity index (χ3v) is 8.46. The summed E-state index contributed by atoms with van der Waals surface area (Å²) in [6.45, 7) is 4.17. The van der Waals surface area contributed by atoms with Crippen molar-refractivity contribution in [1.29, 1.82) is 0 Å². The summed E-state index contributed by atoms with van der Waals surface area (Å²) in [7, 11) is 0. The first-order valence-corrected chi connectivity index (χ1v) is 19.8. The molecule has 0 saturated heterocycles. The number of amides is 1. The van der Waals surface area contributed by atoms with Gasteiger partial charge in [0.05, 0.1) is 0 Å². The maximum Gasteiger partial charge on any atom is 0.322 e. The van der Waals surface area contributed by atoms with Crippen molar-refractivity contribution in [2.45, 2.75) is 193 Å². The van der Waals surface area contributed by atoms with Crippen LogP contribution in [-0.2, 0) is 19.1 Å². The van der Waals surface area contributed by atoms with Crippen molar-refractivity contribution in [1.82, 2.24) is 5.32 Å². The van der Waals surface area contributed by atoms with E-state index in [0.717, 1.165) is 70.6 Å². The summed E-state index contributed by atoms with van der Waals surface area (Å²) in [5.41, 5.74) is 0. The number of unbranched alkanes of at least 4 members (excludes halogenated alkanes) is 18. The number of rotatable bonds is 35. The molecule has 6 heteroatoms. The highest BCUT2D eigenvalue weighted by atomic mass is 16.5. The minimum Gasteiger partial charge on any atom is -0.480 e. The Morgan fingerprint density at radius 3 is 1.65 bits per heavy atom. The summed E-state index contributed by atoms with van der Waals surface area (Å²) in [6, 6.07) is 0. The van der Waals surface area contributed by atoms with Crippen LogP contribution in [0.1, 0.15) is 187 Å². The Labute approximate surface area is 295 Å². The number of nitrogens with one attached hydrogen (secondary N) is 1. The van der Waals surface area contributed by atoms with Gasteiger partial charge in [0.2, 0.25) is 5.91 Å². The molecule has 1 unspecified atom stereocenters. The van der Waals surface area contributed by atoms with Gasteiger partial charge < -0.3 is 15.2 Å². The molecule has 0 spiro atoms. The van der Waals surface area contributed by atoms with E-state index in [9.17, 15) is 14.4 Å². The number of carboxylic acid groups (broad SMARTS) is 1. The molecule has 0 aromatic carbocycles. The van der Waals surface area contributed by atoms with E-state index in [2.05, 4.69) is 67.8 Å². The van der Waals surface area contributed by atoms with Crippen LogP contribution in [0, 0.1) is 0 Å². The molecular formula is C42H73NO5. The van der Waals surface area contributed by atoms with Gasteiger partial charge in [-0.3, -0.25) is 14.4 Å². The summed E-state index contributed by atoms with van der Waals surface area (Å²) >= 11 is 0. The maximum absolute atomic E-state index is 12.7. The predicted octanol–water partition coefficient (Wildman–Crippen LogP) is 11.9. The van der Waals surface area contributed by atoms with Gasteiger partial charge in [-0.05, 0) is 83.1 Å². The second kappa shape index (κ2) is 37.2. The molecule has 0 aliphatic heterocycles. The molecule has 1 amide bonds. The monoisotopic (exact) mass is 672 g/mol. The third-order valence-electron chi connectivity index (χ3n) is 8.46. The van der Waals surface area contributed by atoms with Crippen molar-refractivity contribution < 1.29 is 24.2 Å². The minimum absolute atomic E-state index is 0.0987. The summed E-state index contributed by atoms with van der Waals surface area (Å²) in [5, 5.41) is 11.1. The van der Waals surface area contributed by atoms with Gasteiger partial charge in [0, 0.05) is 12.8 Å². The van der Waals surface area contributed by atoms with E-state index in [-0.39, 0.29) is 24.5 Å². The number of esters is 1. The van der Waals surface area contributed by atoms with Crippen LogP contribution in [0.5, 0.6) is 0 Å². The Bertz CT molecular complexity index is 875. The molecule has 48 heavy (non-hydrogen) atoms. The predicted molar refractivity (Wildman–Crippen MR) is 203 cm³/mol. The zero-order valence-corrected chi connectivity index (χ0v) is 31.1. The van der Waals surface area contributed by atoms with E-state index in [0.29, 0.717) is 12.8 Å². The largest absolute Gasteiger partial charge is 0.480 e. The molecule has 0 aliphatic rings. The number of carboxylic acids is 1. The number of hydrogen-bond donors (Lipinski definition) is 2. The average molecular weight is 672 g/mol. The molecule has 0 aromatic heterocycles. The number of carbonyl (C=O) groups is 3. The molecule has 0 heterocycles. The molecule has 1 atom stereocenters. The number of aliphatic carboxylic acids is 1. The minimum atomic E-state index is -1.03. The van der Waals surface area contributed by atoms with Gasteiger partial charge in [0.15, 0.2) is 0 Å². The Morgan fingerprint density at radius 1 is 0.562 bits per heavy atom. The molecule has 0 fully saturated rings. The first-order valence-electron chi connectivity index (χ1n) is 19.8. The van der Waals surface area contributed by atoms with Crippen molar-refractivity contribution in [3.8, 4) is 0 Å². The maximum atomic E-state index is 12.7. The fourth-order valence-electron chi connectivity index (χ4n) is 5.49. The fourth-order valence-corrected chi connectivity index (χ4v) is 5.49. The second-order valence-corrected chi connectivity index (χ2v) is 13.2. The lowest BCUT2D eigenvalue weighted by molar-refractivity contribution is -0.147. The first kappa shape index (κ1) is 45.4. The fraction of sp³-hybridized carbons (Fsp3) is 0.738. The van der Waals surface area contributed by atoms with Gasteiger partial charge in [-0.1, -0.05) is 140 Å². The van der Waals surface area contributed by atoms with E-state index in [1.54, 1.807) is 0 Å². The van der Waals surface area contributed by atoms with Gasteiger partial charge in [-0.2, -0.15) is 0 Å². The lowest BCUT2D eigenvalue weighted by Crippen LogP contribution is -2.28. The highest BCUT2D eigenvalue weighted by molar-refractivity contribution is 5.80. The number of allylic oxidation sites excluding steroid dienone is 7. The van der Waals surface area contributed by atoms with Crippen molar-refractivity contribution in [2.75, 3.05) is 6.54 Å². The molecule has 6 nitrogen and oxygen atoms in total. The third kappa shape index (κ3) is 36.2. The van der Waals surface area contributed by atoms with Crippen molar-refractivity contribution in [3.63, 3.8) is 0 Å². The number of ether oxygens (including phenoxy) is 1. The summed E-state index contributed by atoms with van der Waals surface area (Å²) in [5.74, 6) is -1.34. The van der Waals surface area contributed by atoms with Crippen LogP contribution in [-0.4, -0.2) is 35.6 Å². The summed E-state index contributed by atoms with van der Waals surface area (Å²) in [4.78, 5) is 34.9. The SMILES string of the molecule is CCCCC/C=C\C/C=C\C/C=C\C(CCCCCCCC(=O)NCC(=O)O)OC(=O)CCCCCCC/C=C\CCCCCCCC. The summed E-state index contributed by atoms with van der Waals surface area (Å²) in [6.07, 6.45) is 46.7. The molecular weight excluding hydrogens is 598 g/mol. The van der Waals surface area contributed by atoms with E-state index in [1.807, 2.05) is 0 Å². The van der Waals surface area contributed by atoms with Crippen LogP contribution in [0.25, 0.3) is 0 Å². The molecule has 0 aliphatic carbocycles. The Balaban J connectivity index is 4.30. The number of hydrogen-bond acceptors (Lipinski definition) is 4. The van der Waals surface area contributed by atoms with Crippen LogP contribution >= 0.6 is 0 Å². The molecule has 0 aromatic rings. The zero-order chi connectivity index (χ0) is 35.2. The molecule has 0 saturated carbocycles. The Kier molecular flexibility index (Phi) is 35.2. The highest BCUT2D eigenvalue weighted by Gasteiger charge is 2.11. The van der Waals surface area contributed by atoms with E-state index in [4.69, 9.17) is 9.84 Å². The lowest BCUT2D eigenvalue weighted by atomic mass is 10.1. The normalized spacial score (nSPS) is 12.5. The van der Waals surface area contributed by atoms with Gasteiger partial charge in [0.1, 0.15) is 12.6 Å². The van der Waals surface area contributed by atoms with E-state index in [1.165, 1.54) is 89.9 Å². The summed E-state index contributed by atoms with van der Waals surface area (Å²) < 4.78 is 5.90. The van der Waals surface area contributed by atoms with Gasteiger partial charge >= 0.3 is 11.9 Å². The standard InChI is InChI=1S/C42H73NO5/c1-3-5-7-9-11-13-15-16-17-18-20-22-24-29-33-37-42(47)48-39(34-30-26-23-21-19-14-12-10-8-6-4-2)35-31-27-25-28-32-36-40(44)43-38-41(45)46/h12,14,16-17,21,23,30,34,39H,3-11,13,15,18-20,22,24-29,31-33,35-38H2,1-2H3,(H,43,44)(H,45,46)/b14-12-,17-16-,23-21-,34-30-. The van der Waals surface area contributed by atoms with Crippen LogP contribution in [0.3, 0.4) is 0 Å². The van der Waals surface area contributed by atoms with Gasteiger partial charge in [-0.15, -0.1) is 0 Å². The smallest absolute Gasteiger partial charge is 0.322 e. The Hall–Kier alpha value is -2.63. The van der Waals surface area contributed by atoms with Crippen molar-refractivity contribution >= 4 is 17.8 Å². The van der Waals surface area contributed by atoms with Crippen LogP contribution < -0.4 is 5.32 Å². The molecule has 0 radical (unpaired) electrons. The van der Waals surface area contributed by atoms with Crippen LogP contribution in [0.15, 0.2) is 48.6 Å². The van der Waals surface area contributed by atoms with Crippen LogP contribution in [0.2, 0.25) is 0 Å². The topological polar surface area (TPSA) is 92.7 Å². The van der Waals surface area contributed by atoms with E-state index < -0.39 is 5.97 Å². The number of carbonyl (C=O) groups excluding carboxylic acids is 2. The second-order valence-electron chi connectivity index (χ2n) is 13.2. The molecule has 276 valence electrons. The quantitative estimate of drug-likeness (QED) is 0.0397. The molecule has 2 N–H and O–H groups in total. The zero-order valence-electron chi connectivity index (χ0n) is 31.1. The van der Waals surface area contributed by atoms with E-state index >= 15 is 0 Å². The molecule has 0 bridgehead atoms. The highest BCUT2D eigenvalue weighted by Crippen LogP contribution is 2.15. The van der Waals surface area contributed by atoms with Crippen molar-refractivity contribution in [3.05, 3.63) is 48.6 Å².